The van der Waals surface area contributed by atoms with Crippen molar-refractivity contribution in [1.82, 2.24) is 9.62 Å². The van der Waals surface area contributed by atoms with E-state index in [9.17, 15) is 17.6 Å². The van der Waals surface area contributed by atoms with Gasteiger partial charge in [-0.15, -0.1) is 0 Å². The Balaban J connectivity index is 1.82. The molecular formula is C23H21Cl2FN2O3S. The van der Waals surface area contributed by atoms with E-state index in [0.717, 1.165) is 9.87 Å². The number of carbonyl (C=O) groups is 1. The van der Waals surface area contributed by atoms with Gasteiger partial charge < -0.3 is 5.32 Å². The molecule has 1 amide bonds. The number of rotatable bonds is 8. The number of amides is 1. The molecule has 168 valence electrons. The molecular weight excluding hydrogens is 474 g/mol. The third kappa shape index (κ3) is 6.29. The molecule has 0 fully saturated rings. The van der Waals surface area contributed by atoms with E-state index in [-0.39, 0.29) is 17.5 Å². The first-order valence-electron chi connectivity index (χ1n) is 9.70. The Morgan fingerprint density at radius 3 is 2.03 bits per heavy atom. The van der Waals surface area contributed by atoms with Gasteiger partial charge >= 0.3 is 0 Å². The molecule has 1 N–H and O–H groups in total. The Hall–Kier alpha value is -2.45. The second-order valence-electron chi connectivity index (χ2n) is 7.19. The van der Waals surface area contributed by atoms with Gasteiger partial charge in [0.1, 0.15) is 5.82 Å². The summed E-state index contributed by atoms with van der Waals surface area (Å²) >= 11 is 11.8. The average molecular weight is 495 g/mol. The van der Waals surface area contributed by atoms with Crippen molar-refractivity contribution in [2.75, 3.05) is 6.54 Å². The summed E-state index contributed by atoms with van der Waals surface area (Å²) in [5.41, 5.74) is 1.37. The van der Waals surface area contributed by atoms with Crippen molar-refractivity contribution in [2.45, 2.75) is 24.4 Å². The van der Waals surface area contributed by atoms with Crippen LogP contribution in [0.2, 0.25) is 10.0 Å². The van der Waals surface area contributed by atoms with Gasteiger partial charge in [0.05, 0.1) is 17.5 Å². The van der Waals surface area contributed by atoms with Gasteiger partial charge in [0, 0.05) is 16.6 Å². The summed E-state index contributed by atoms with van der Waals surface area (Å²) in [5, 5.41) is 3.77. The molecule has 0 unspecified atom stereocenters. The maximum Gasteiger partial charge on any atom is 0.243 e. The Morgan fingerprint density at radius 1 is 0.938 bits per heavy atom. The molecule has 0 spiro atoms. The fourth-order valence-corrected chi connectivity index (χ4v) is 4.69. The molecule has 0 bridgehead atoms. The molecule has 0 radical (unpaired) electrons. The standard InChI is InChI=1S/C23H21Cl2FN2O3S/c1-16(18-4-6-19(24)7-5-18)27-23(29)15-28(14-17-2-10-21(26)11-3-17)32(30,31)22-12-8-20(25)9-13-22/h2-13,16H,14-15H2,1H3,(H,27,29)/t16-/m0/s1. The lowest BCUT2D eigenvalue weighted by molar-refractivity contribution is -0.122. The maximum absolute atomic E-state index is 13.3. The number of nitrogens with one attached hydrogen (secondary N) is 1. The zero-order valence-electron chi connectivity index (χ0n) is 17.1. The molecule has 3 aromatic carbocycles. The van der Waals surface area contributed by atoms with Gasteiger partial charge in [-0.05, 0) is 66.6 Å². The number of carbonyl (C=O) groups excluding carboxylic acids is 1. The van der Waals surface area contributed by atoms with E-state index < -0.39 is 28.3 Å². The average Bonchev–Trinajstić information content (AvgIpc) is 2.75. The molecule has 1 atom stereocenters. The monoisotopic (exact) mass is 494 g/mol. The SMILES string of the molecule is C[C@H](NC(=O)CN(Cc1ccc(F)cc1)S(=O)(=O)c1ccc(Cl)cc1)c1ccc(Cl)cc1. The second-order valence-corrected chi connectivity index (χ2v) is 10.0. The van der Waals surface area contributed by atoms with E-state index in [1.54, 1.807) is 31.2 Å². The van der Waals surface area contributed by atoms with Crippen LogP contribution in [0.3, 0.4) is 0 Å². The maximum atomic E-state index is 13.3. The smallest absolute Gasteiger partial charge is 0.243 e. The van der Waals surface area contributed by atoms with Gasteiger partial charge in [-0.25, -0.2) is 12.8 Å². The largest absolute Gasteiger partial charge is 0.348 e. The first-order valence-corrected chi connectivity index (χ1v) is 11.9. The summed E-state index contributed by atoms with van der Waals surface area (Å²) in [6.45, 7) is 1.27. The third-order valence-electron chi connectivity index (χ3n) is 4.79. The van der Waals surface area contributed by atoms with Gasteiger partial charge in [0.15, 0.2) is 0 Å². The van der Waals surface area contributed by atoms with Crippen LogP contribution >= 0.6 is 23.2 Å². The van der Waals surface area contributed by atoms with Crippen LogP contribution < -0.4 is 5.32 Å². The summed E-state index contributed by atoms with van der Waals surface area (Å²) in [6.07, 6.45) is 0. The number of hydrogen-bond donors (Lipinski definition) is 1. The van der Waals surface area contributed by atoms with Crippen molar-refractivity contribution in [3.05, 3.63) is 99.8 Å². The predicted molar refractivity (Wildman–Crippen MR) is 123 cm³/mol. The minimum absolute atomic E-state index is 0.00237. The summed E-state index contributed by atoms with van der Waals surface area (Å²) in [5.74, 6) is -0.914. The summed E-state index contributed by atoms with van der Waals surface area (Å²) in [7, 11) is -4.02. The molecule has 3 aromatic rings. The van der Waals surface area contributed by atoms with E-state index in [1.165, 1.54) is 48.5 Å². The zero-order valence-corrected chi connectivity index (χ0v) is 19.5. The van der Waals surface area contributed by atoms with Crippen molar-refractivity contribution in [3.63, 3.8) is 0 Å². The Kier molecular flexibility index (Phi) is 7.90. The summed E-state index contributed by atoms with van der Waals surface area (Å²) in [6, 6.07) is 17.8. The third-order valence-corrected chi connectivity index (χ3v) is 7.10. The first-order chi connectivity index (χ1) is 15.1. The van der Waals surface area contributed by atoms with Gasteiger partial charge in [-0.3, -0.25) is 4.79 Å². The highest BCUT2D eigenvalue weighted by atomic mass is 35.5. The Morgan fingerprint density at radius 2 is 1.47 bits per heavy atom. The number of sulfonamides is 1. The molecule has 0 aliphatic rings. The summed E-state index contributed by atoms with van der Waals surface area (Å²) in [4.78, 5) is 12.8. The van der Waals surface area contributed by atoms with Crippen LogP contribution in [0.5, 0.6) is 0 Å². The highest BCUT2D eigenvalue weighted by Crippen LogP contribution is 2.21. The minimum Gasteiger partial charge on any atom is -0.348 e. The van der Waals surface area contributed by atoms with E-state index in [1.807, 2.05) is 0 Å². The highest BCUT2D eigenvalue weighted by Gasteiger charge is 2.27. The van der Waals surface area contributed by atoms with Crippen molar-refractivity contribution in [1.29, 1.82) is 0 Å². The van der Waals surface area contributed by atoms with Gasteiger partial charge in [0.2, 0.25) is 15.9 Å². The van der Waals surface area contributed by atoms with Gasteiger partial charge in [0.25, 0.3) is 0 Å². The number of benzene rings is 3. The van der Waals surface area contributed by atoms with Gasteiger partial charge in [-0.2, -0.15) is 4.31 Å². The minimum atomic E-state index is -4.02. The zero-order chi connectivity index (χ0) is 23.3. The van der Waals surface area contributed by atoms with Crippen molar-refractivity contribution in [2.24, 2.45) is 0 Å². The number of halogens is 3. The van der Waals surface area contributed by atoms with E-state index in [0.29, 0.717) is 15.6 Å². The summed E-state index contributed by atoms with van der Waals surface area (Å²) < 4.78 is 40.8. The molecule has 32 heavy (non-hydrogen) atoms. The predicted octanol–water partition coefficient (Wildman–Crippen LogP) is 5.20. The van der Waals surface area contributed by atoms with E-state index in [2.05, 4.69) is 5.32 Å². The lowest BCUT2D eigenvalue weighted by atomic mass is 10.1. The quantitative estimate of drug-likeness (QED) is 0.467. The normalized spacial score (nSPS) is 12.5. The number of nitrogens with zero attached hydrogens (tertiary/aromatic N) is 1. The lowest BCUT2D eigenvalue weighted by Crippen LogP contribution is -2.41. The Bertz CT molecular complexity index is 1170. The second kappa shape index (κ2) is 10.4. The Labute approximate surface area is 196 Å². The molecule has 5 nitrogen and oxygen atoms in total. The van der Waals surface area contributed by atoms with Crippen LogP contribution in [-0.4, -0.2) is 25.2 Å². The molecule has 0 aromatic heterocycles. The first kappa shape index (κ1) is 24.2. The van der Waals surface area contributed by atoms with Crippen LogP contribution in [0.4, 0.5) is 4.39 Å². The van der Waals surface area contributed by atoms with E-state index >= 15 is 0 Å². The van der Waals surface area contributed by atoms with Crippen LogP contribution in [0.25, 0.3) is 0 Å². The number of hydrogen-bond acceptors (Lipinski definition) is 3. The van der Waals surface area contributed by atoms with Crippen LogP contribution in [0, 0.1) is 5.82 Å². The van der Waals surface area contributed by atoms with Crippen molar-refractivity contribution < 1.29 is 17.6 Å². The molecule has 0 aliphatic carbocycles. The topological polar surface area (TPSA) is 66.5 Å². The lowest BCUT2D eigenvalue weighted by Gasteiger charge is -2.23. The van der Waals surface area contributed by atoms with Crippen LogP contribution in [-0.2, 0) is 21.4 Å². The molecule has 9 heteroatoms. The van der Waals surface area contributed by atoms with Crippen LogP contribution in [0.15, 0.2) is 77.7 Å². The van der Waals surface area contributed by atoms with Crippen molar-refractivity contribution in [3.8, 4) is 0 Å². The molecule has 0 aliphatic heterocycles. The van der Waals surface area contributed by atoms with E-state index in [4.69, 9.17) is 23.2 Å². The molecule has 0 saturated heterocycles. The molecule has 3 rings (SSSR count). The van der Waals surface area contributed by atoms with Crippen molar-refractivity contribution >= 4 is 39.1 Å². The fraction of sp³-hybridized carbons (Fsp3) is 0.174. The molecule has 0 heterocycles. The molecule has 0 saturated carbocycles. The fourth-order valence-electron chi connectivity index (χ4n) is 3.06. The van der Waals surface area contributed by atoms with Crippen LogP contribution in [0.1, 0.15) is 24.1 Å². The van der Waals surface area contributed by atoms with Gasteiger partial charge in [-0.1, -0.05) is 47.5 Å². The highest BCUT2D eigenvalue weighted by molar-refractivity contribution is 7.89.